The van der Waals surface area contributed by atoms with Gasteiger partial charge in [-0.25, -0.2) is 9.98 Å². The van der Waals surface area contributed by atoms with E-state index in [1.807, 2.05) is 25.1 Å². The summed E-state index contributed by atoms with van der Waals surface area (Å²) in [6.07, 6.45) is 1.32. The zero-order valence-electron chi connectivity index (χ0n) is 11.9. The lowest BCUT2D eigenvalue weighted by Crippen LogP contribution is -1.92. The fourth-order valence-electron chi connectivity index (χ4n) is 2.04. The molecular weight excluding hydrogens is 338 g/mol. The van der Waals surface area contributed by atoms with E-state index < -0.39 is 16.4 Å². The van der Waals surface area contributed by atoms with Crippen LogP contribution in [-0.4, -0.2) is 21.2 Å². The van der Waals surface area contributed by atoms with Crippen molar-refractivity contribution in [1.29, 1.82) is 0 Å². The molecule has 1 heterocycles. The van der Waals surface area contributed by atoms with Crippen molar-refractivity contribution in [3.8, 4) is 5.75 Å². The van der Waals surface area contributed by atoms with Crippen LogP contribution >= 0.6 is 22.9 Å². The van der Waals surface area contributed by atoms with E-state index in [-0.39, 0.29) is 10.6 Å². The first-order chi connectivity index (χ1) is 10.9. The zero-order chi connectivity index (χ0) is 16.6. The predicted molar refractivity (Wildman–Crippen MR) is 91.4 cm³/mol. The van der Waals surface area contributed by atoms with Crippen LogP contribution in [0.1, 0.15) is 11.1 Å². The van der Waals surface area contributed by atoms with Gasteiger partial charge in [-0.15, -0.1) is 0 Å². The Labute approximate surface area is 139 Å². The van der Waals surface area contributed by atoms with Gasteiger partial charge in [-0.2, -0.15) is 0 Å². The first-order valence-electron chi connectivity index (χ1n) is 6.52. The number of aromatic hydroxyl groups is 1. The number of hydrogen-bond acceptors (Lipinski definition) is 6. The molecule has 23 heavy (non-hydrogen) atoms. The van der Waals surface area contributed by atoms with E-state index in [1.54, 1.807) is 0 Å². The molecular formula is C15H10ClN3O3S. The molecule has 8 heteroatoms. The molecule has 0 spiro atoms. The summed E-state index contributed by atoms with van der Waals surface area (Å²) in [4.78, 5) is 18.7. The maximum Gasteiger partial charge on any atom is 0.312 e. The molecule has 0 atom stereocenters. The van der Waals surface area contributed by atoms with E-state index in [0.29, 0.717) is 5.13 Å². The molecule has 0 aliphatic rings. The molecule has 0 radical (unpaired) electrons. The van der Waals surface area contributed by atoms with Gasteiger partial charge in [0.1, 0.15) is 0 Å². The summed E-state index contributed by atoms with van der Waals surface area (Å²) < 4.78 is 0.999. The van der Waals surface area contributed by atoms with Gasteiger partial charge in [0.15, 0.2) is 0 Å². The number of thiazole rings is 1. The SMILES string of the molecule is Cc1ccc2nc(/N=C/c3cc(Cl)cc([N+](=O)[O-])c3O)sc2c1. The van der Waals surface area contributed by atoms with Gasteiger partial charge in [-0.05, 0) is 30.7 Å². The van der Waals surface area contributed by atoms with E-state index in [2.05, 4.69) is 9.98 Å². The van der Waals surface area contributed by atoms with Crippen LogP contribution in [-0.2, 0) is 0 Å². The highest BCUT2D eigenvalue weighted by molar-refractivity contribution is 7.22. The summed E-state index contributed by atoms with van der Waals surface area (Å²) >= 11 is 7.23. The Kier molecular flexibility index (Phi) is 3.97. The average Bonchev–Trinajstić information content (AvgIpc) is 2.89. The van der Waals surface area contributed by atoms with E-state index in [4.69, 9.17) is 11.6 Å². The normalized spacial score (nSPS) is 11.4. The summed E-state index contributed by atoms with van der Waals surface area (Å²) in [5, 5.41) is 21.5. The second-order valence-corrected chi connectivity index (χ2v) is 6.29. The minimum atomic E-state index is -0.695. The van der Waals surface area contributed by atoms with Gasteiger partial charge < -0.3 is 5.11 Å². The maximum absolute atomic E-state index is 10.9. The molecule has 0 unspecified atom stereocenters. The van der Waals surface area contributed by atoms with Crippen molar-refractivity contribution in [2.45, 2.75) is 6.92 Å². The third kappa shape index (κ3) is 3.15. The summed E-state index contributed by atoms with van der Waals surface area (Å²) in [6, 6.07) is 8.37. The number of phenolic OH excluding ortho intramolecular Hbond substituents is 1. The number of nitro benzene ring substituents is 1. The molecule has 3 aromatic rings. The summed E-state index contributed by atoms with van der Waals surface area (Å²) in [5.41, 5.74) is 1.66. The number of aryl methyl sites for hydroxylation is 1. The predicted octanol–water partition coefficient (Wildman–Crippen LogP) is 4.62. The molecule has 0 amide bonds. The van der Waals surface area contributed by atoms with Crippen molar-refractivity contribution in [2.24, 2.45) is 4.99 Å². The minimum absolute atomic E-state index is 0.149. The zero-order valence-corrected chi connectivity index (χ0v) is 13.4. The Hall–Kier alpha value is -2.51. The van der Waals surface area contributed by atoms with Crippen LogP contribution in [0.25, 0.3) is 10.2 Å². The van der Waals surface area contributed by atoms with Gasteiger partial charge in [-0.3, -0.25) is 10.1 Å². The lowest BCUT2D eigenvalue weighted by molar-refractivity contribution is -0.385. The number of halogens is 1. The van der Waals surface area contributed by atoms with E-state index in [0.717, 1.165) is 21.8 Å². The van der Waals surface area contributed by atoms with Crippen LogP contribution in [0.15, 0.2) is 35.3 Å². The monoisotopic (exact) mass is 347 g/mol. The Morgan fingerprint density at radius 2 is 2.17 bits per heavy atom. The average molecular weight is 348 g/mol. The highest BCUT2D eigenvalue weighted by Gasteiger charge is 2.17. The Bertz CT molecular complexity index is 953. The van der Waals surface area contributed by atoms with Gasteiger partial charge in [-0.1, -0.05) is 29.0 Å². The third-order valence-corrected chi connectivity index (χ3v) is 4.27. The molecule has 3 rings (SSSR count). The molecule has 6 nitrogen and oxygen atoms in total. The molecule has 0 aliphatic heterocycles. The van der Waals surface area contributed by atoms with Gasteiger partial charge in [0.25, 0.3) is 0 Å². The van der Waals surface area contributed by atoms with E-state index in [1.165, 1.54) is 23.6 Å². The Morgan fingerprint density at radius 3 is 2.91 bits per heavy atom. The fourth-order valence-corrected chi connectivity index (χ4v) is 3.17. The highest BCUT2D eigenvalue weighted by Crippen LogP contribution is 2.33. The second-order valence-electron chi connectivity index (χ2n) is 4.85. The number of aromatic nitrogens is 1. The number of rotatable bonds is 3. The number of phenols is 1. The number of fused-ring (bicyclic) bond motifs is 1. The molecule has 0 bridgehead atoms. The molecule has 116 valence electrons. The first kappa shape index (κ1) is 15.4. The van der Waals surface area contributed by atoms with Crippen molar-refractivity contribution in [3.63, 3.8) is 0 Å². The largest absolute Gasteiger partial charge is 0.502 e. The summed E-state index contributed by atoms with van der Waals surface area (Å²) in [7, 11) is 0. The molecule has 2 aromatic carbocycles. The van der Waals surface area contributed by atoms with Crippen LogP contribution in [0.3, 0.4) is 0 Å². The standard InChI is InChI=1S/C15H10ClN3O3S/c1-8-2-3-11-13(4-8)23-15(18-11)17-7-9-5-10(16)6-12(14(9)20)19(21)22/h2-7,20H,1H3/b17-7+. The van der Waals surface area contributed by atoms with Gasteiger partial charge in [0, 0.05) is 22.9 Å². The Morgan fingerprint density at radius 1 is 1.39 bits per heavy atom. The van der Waals surface area contributed by atoms with Crippen molar-refractivity contribution >= 4 is 50.2 Å². The highest BCUT2D eigenvalue weighted by atomic mass is 35.5. The van der Waals surface area contributed by atoms with E-state index >= 15 is 0 Å². The molecule has 1 aromatic heterocycles. The molecule has 0 aliphatic carbocycles. The van der Waals surface area contributed by atoms with E-state index in [9.17, 15) is 15.2 Å². The van der Waals surface area contributed by atoms with Crippen LogP contribution in [0.5, 0.6) is 5.75 Å². The van der Waals surface area contributed by atoms with Gasteiger partial charge in [0.05, 0.1) is 15.1 Å². The minimum Gasteiger partial charge on any atom is -0.502 e. The number of aliphatic imine (C=N–C) groups is 1. The fraction of sp³-hybridized carbons (Fsp3) is 0.0667. The summed E-state index contributed by atoms with van der Waals surface area (Å²) in [6.45, 7) is 1.99. The van der Waals surface area contributed by atoms with Crippen LogP contribution in [0.2, 0.25) is 5.02 Å². The van der Waals surface area contributed by atoms with Crippen molar-refractivity contribution < 1.29 is 10.0 Å². The lowest BCUT2D eigenvalue weighted by atomic mass is 10.2. The van der Waals surface area contributed by atoms with Crippen molar-refractivity contribution in [3.05, 3.63) is 56.6 Å². The molecule has 0 saturated carbocycles. The Balaban J connectivity index is 2.00. The second kappa shape index (κ2) is 5.94. The third-order valence-electron chi connectivity index (χ3n) is 3.13. The van der Waals surface area contributed by atoms with Gasteiger partial charge in [0.2, 0.25) is 10.9 Å². The van der Waals surface area contributed by atoms with Gasteiger partial charge >= 0.3 is 5.69 Å². The van der Waals surface area contributed by atoms with Crippen molar-refractivity contribution in [2.75, 3.05) is 0 Å². The molecule has 0 fully saturated rings. The number of nitrogens with zero attached hydrogens (tertiary/aromatic N) is 3. The first-order valence-corrected chi connectivity index (χ1v) is 7.71. The lowest BCUT2D eigenvalue weighted by Gasteiger charge is -2.00. The molecule has 1 N–H and O–H groups in total. The smallest absolute Gasteiger partial charge is 0.312 e. The topological polar surface area (TPSA) is 88.6 Å². The van der Waals surface area contributed by atoms with Crippen LogP contribution in [0.4, 0.5) is 10.8 Å². The number of benzene rings is 2. The quantitative estimate of drug-likeness (QED) is 0.425. The summed E-state index contributed by atoms with van der Waals surface area (Å²) in [5.74, 6) is -0.472. The van der Waals surface area contributed by atoms with Crippen LogP contribution < -0.4 is 0 Å². The number of nitro groups is 1. The number of hydrogen-bond donors (Lipinski definition) is 1. The van der Waals surface area contributed by atoms with Crippen molar-refractivity contribution in [1.82, 2.24) is 4.98 Å². The molecule has 0 saturated heterocycles. The maximum atomic E-state index is 10.9. The van der Waals surface area contributed by atoms with Crippen LogP contribution in [0, 0.1) is 17.0 Å².